The highest BCUT2D eigenvalue weighted by Crippen LogP contribution is 2.22. The van der Waals surface area contributed by atoms with Crippen molar-refractivity contribution in [2.75, 3.05) is 32.7 Å². The molecule has 2 atom stereocenters. The molecule has 9 heteroatoms. The molecule has 2 aliphatic rings. The number of nitrogens with one attached hydrogen (secondary N) is 2. The Morgan fingerprint density at radius 2 is 2.00 bits per heavy atom. The highest BCUT2D eigenvalue weighted by Gasteiger charge is 2.34. The fraction of sp³-hybridized carbons (Fsp3) is 0.929. The number of alkyl halides is 3. The van der Waals surface area contributed by atoms with Gasteiger partial charge in [0.2, 0.25) is 5.91 Å². The van der Waals surface area contributed by atoms with Crippen molar-refractivity contribution in [1.82, 2.24) is 15.5 Å². The number of hydrogen-bond acceptors (Lipinski definition) is 3. The summed E-state index contributed by atoms with van der Waals surface area (Å²) in [4.78, 5) is 13.2. The van der Waals surface area contributed by atoms with Gasteiger partial charge in [-0.1, -0.05) is 0 Å². The lowest BCUT2D eigenvalue weighted by atomic mass is 10.1. The van der Waals surface area contributed by atoms with E-state index in [1.54, 1.807) is 0 Å². The summed E-state index contributed by atoms with van der Waals surface area (Å²) in [5, 5.41) is 6.20. The maximum Gasteiger partial charge on any atom is 0.401 e. The molecular formula is C14H26Cl2F3N3O. The van der Waals surface area contributed by atoms with Gasteiger partial charge in [0.05, 0.1) is 6.54 Å². The van der Waals surface area contributed by atoms with E-state index in [9.17, 15) is 18.0 Å². The second-order valence-corrected chi connectivity index (χ2v) is 6.14. The molecule has 0 saturated carbocycles. The zero-order valence-electron chi connectivity index (χ0n) is 13.0. The minimum absolute atomic E-state index is 0. The van der Waals surface area contributed by atoms with Crippen molar-refractivity contribution in [1.29, 1.82) is 0 Å². The lowest BCUT2D eigenvalue weighted by Gasteiger charge is -2.18. The normalized spacial score (nSPS) is 24.8. The van der Waals surface area contributed by atoms with E-state index in [1.807, 2.05) is 0 Å². The molecule has 0 aromatic rings. The number of halogens is 5. The Bertz CT molecular complexity index is 353. The number of rotatable bonds is 6. The summed E-state index contributed by atoms with van der Waals surface area (Å²) >= 11 is 0. The lowest BCUT2D eigenvalue weighted by Crippen LogP contribution is -2.35. The summed E-state index contributed by atoms with van der Waals surface area (Å²) in [6.45, 7) is 1.56. The second-order valence-electron chi connectivity index (χ2n) is 6.14. The van der Waals surface area contributed by atoms with Crippen LogP contribution in [0.3, 0.4) is 0 Å². The molecule has 0 bridgehead atoms. The van der Waals surface area contributed by atoms with Gasteiger partial charge in [0.1, 0.15) is 0 Å². The molecule has 2 rings (SSSR count). The molecule has 0 aliphatic carbocycles. The van der Waals surface area contributed by atoms with E-state index in [-0.39, 0.29) is 36.6 Å². The molecule has 0 radical (unpaired) electrons. The fourth-order valence-corrected chi connectivity index (χ4v) is 3.13. The molecular weight excluding hydrogens is 354 g/mol. The third-order valence-electron chi connectivity index (χ3n) is 4.24. The third-order valence-corrected chi connectivity index (χ3v) is 4.24. The SMILES string of the molecule is Cl.Cl.O=C(CCC1CCCN1)NCC1CCN(CC(F)(F)F)C1. The standard InChI is InChI=1S/C14H24F3N3O.2ClH/c15-14(16,17)10-20-7-5-11(9-20)8-19-13(21)4-3-12-2-1-6-18-12;;/h11-12,18H,1-10H2,(H,19,21);2*1H. The molecule has 2 fully saturated rings. The number of likely N-dealkylation sites (tertiary alicyclic amines) is 1. The number of carbonyl (C=O) groups excluding carboxylic acids is 1. The van der Waals surface area contributed by atoms with E-state index in [0.717, 1.165) is 25.8 Å². The third kappa shape index (κ3) is 8.98. The molecule has 2 saturated heterocycles. The largest absolute Gasteiger partial charge is 0.401 e. The van der Waals surface area contributed by atoms with Crippen LogP contribution in [0.15, 0.2) is 0 Å². The van der Waals surface area contributed by atoms with Crippen molar-refractivity contribution in [3.05, 3.63) is 0 Å². The molecule has 23 heavy (non-hydrogen) atoms. The summed E-state index contributed by atoms with van der Waals surface area (Å²) in [5.74, 6) is 0.152. The van der Waals surface area contributed by atoms with Gasteiger partial charge < -0.3 is 10.6 Å². The van der Waals surface area contributed by atoms with Crippen LogP contribution in [-0.4, -0.2) is 55.7 Å². The predicted molar refractivity (Wildman–Crippen MR) is 88.4 cm³/mol. The average molecular weight is 380 g/mol. The molecule has 0 aromatic carbocycles. The Hall–Kier alpha value is -0.240. The molecule has 2 aliphatic heterocycles. The van der Waals surface area contributed by atoms with Crippen molar-refractivity contribution in [3.63, 3.8) is 0 Å². The van der Waals surface area contributed by atoms with E-state index in [2.05, 4.69) is 10.6 Å². The van der Waals surface area contributed by atoms with Crippen LogP contribution < -0.4 is 10.6 Å². The molecule has 4 nitrogen and oxygen atoms in total. The highest BCUT2D eigenvalue weighted by atomic mass is 35.5. The Morgan fingerprint density at radius 1 is 1.26 bits per heavy atom. The van der Waals surface area contributed by atoms with Crippen LogP contribution >= 0.6 is 24.8 Å². The van der Waals surface area contributed by atoms with Crippen molar-refractivity contribution in [2.45, 2.75) is 44.3 Å². The minimum atomic E-state index is -4.13. The van der Waals surface area contributed by atoms with Crippen molar-refractivity contribution >= 4 is 30.7 Å². The van der Waals surface area contributed by atoms with Gasteiger partial charge in [-0.05, 0) is 44.7 Å². The Labute approximate surface area is 147 Å². The summed E-state index contributed by atoms with van der Waals surface area (Å²) in [7, 11) is 0. The lowest BCUT2D eigenvalue weighted by molar-refractivity contribution is -0.143. The fourth-order valence-electron chi connectivity index (χ4n) is 3.13. The Morgan fingerprint density at radius 3 is 2.61 bits per heavy atom. The maximum absolute atomic E-state index is 12.3. The van der Waals surface area contributed by atoms with Crippen LogP contribution in [0, 0.1) is 5.92 Å². The van der Waals surface area contributed by atoms with E-state index < -0.39 is 12.7 Å². The van der Waals surface area contributed by atoms with Crippen LogP contribution in [0.5, 0.6) is 0 Å². The molecule has 2 heterocycles. The van der Waals surface area contributed by atoms with E-state index >= 15 is 0 Å². The molecule has 0 spiro atoms. The van der Waals surface area contributed by atoms with Crippen molar-refractivity contribution in [3.8, 4) is 0 Å². The van der Waals surface area contributed by atoms with Crippen LogP contribution in [0.2, 0.25) is 0 Å². The van der Waals surface area contributed by atoms with Gasteiger partial charge in [-0.15, -0.1) is 24.8 Å². The van der Waals surface area contributed by atoms with E-state index in [1.165, 1.54) is 11.3 Å². The van der Waals surface area contributed by atoms with Gasteiger partial charge >= 0.3 is 6.18 Å². The van der Waals surface area contributed by atoms with Crippen LogP contribution in [-0.2, 0) is 4.79 Å². The van der Waals surface area contributed by atoms with Gasteiger partial charge in [-0.2, -0.15) is 13.2 Å². The minimum Gasteiger partial charge on any atom is -0.356 e. The highest BCUT2D eigenvalue weighted by molar-refractivity contribution is 5.85. The first kappa shape index (κ1) is 22.8. The van der Waals surface area contributed by atoms with Crippen LogP contribution in [0.1, 0.15) is 32.1 Å². The molecule has 1 amide bonds. The number of carbonyl (C=O) groups is 1. The summed E-state index contributed by atoms with van der Waals surface area (Å²) in [5.41, 5.74) is 0. The van der Waals surface area contributed by atoms with Gasteiger partial charge in [0.25, 0.3) is 0 Å². The molecule has 2 unspecified atom stereocenters. The first-order valence-electron chi connectivity index (χ1n) is 7.71. The molecule has 0 aromatic heterocycles. The number of hydrogen-bond donors (Lipinski definition) is 2. The Balaban J connectivity index is 0.00000242. The van der Waals surface area contributed by atoms with Crippen molar-refractivity contribution in [2.24, 2.45) is 5.92 Å². The first-order chi connectivity index (χ1) is 9.92. The van der Waals surface area contributed by atoms with Crippen LogP contribution in [0.25, 0.3) is 0 Å². The zero-order chi connectivity index (χ0) is 15.3. The van der Waals surface area contributed by atoms with Crippen molar-refractivity contribution < 1.29 is 18.0 Å². The van der Waals surface area contributed by atoms with Gasteiger partial charge in [0, 0.05) is 25.6 Å². The van der Waals surface area contributed by atoms with Gasteiger partial charge in [0.15, 0.2) is 0 Å². The smallest absolute Gasteiger partial charge is 0.356 e. The van der Waals surface area contributed by atoms with E-state index in [0.29, 0.717) is 32.1 Å². The molecule has 138 valence electrons. The summed E-state index contributed by atoms with van der Waals surface area (Å²) in [6.07, 6.45) is 0.228. The summed E-state index contributed by atoms with van der Waals surface area (Å²) in [6, 6.07) is 0.449. The second kappa shape index (κ2) is 10.6. The van der Waals surface area contributed by atoms with Crippen LogP contribution in [0.4, 0.5) is 13.2 Å². The number of amides is 1. The number of nitrogens with zero attached hydrogens (tertiary/aromatic N) is 1. The zero-order valence-corrected chi connectivity index (χ0v) is 14.7. The average Bonchev–Trinajstić information content (AvgIpc) is 3.03. The van der Waals surface area contributed by atoms with E-state index in [4.69, 9.17) is 0 Å². The maximum atomic E-state index is 12.3. The first-order valence-corrected chi connectivity index (χ1v) is 7.71. The molecule has 2 N–H and O–H groups in total. The Kier molecular flexibility index (Phi) is 10.5. The monoisotopic (exact) mass is 379 g/mol. The quantitative estimate of drug-likeness (QED) is 0.744. The predicted octanol–water partition coefficient (Wildman–Crippen LogP) is 2.36. The van der Waals surface area contributed by atoms with Gasteiger partial charge in [-0.3, -0.25) is 9.69 Å². The van der Waals surface area contributed by atoms with Gasteiger partial charge in [-0.25, -0.2) is 0 Å². The summed E-state index contributed by atoms with van der Waals surface area (Å²) < 4.78 is 36.8. The topological polar surface area (TPSA) is 44.4 Å².